The zero-order valence-electron chi connectivity index (χ0n) is 20.4. The number of benzene rings is 4. The van der Waals surface area contributed by atoms with E-state index in [0.29, 0.717) is 11.5 Å². The van der Waals surface area contributed by atoms with Gasteiger partial charge in [0.05, 0.1) is 11.4 Å². The molecule has 0 amide bonds. The number of imidazole rings is 1. The van der Waals surface area contributed by atoms with Crippen LogP contribution >= 0.6 is 0 Å². The smallest absolute Gasteiger partial charge is 0.323 e. The summed E-state index contributed by atoms with van der Waals surface area (Å²) in [6.45, 7) is -0.832. The summed E-state index contributed by atoms with van der Waals surface area (Å²) in [5.41, 5.74) is 6.02. The topological polar surface area (TPSA) is 95.7 Å². The molecular weight excluding hydrogens is 478 g/mol. The van der Waals surface area contributed by atoms with Gasteiger partial charge in [0.2, 0.25) is 0 Å². The number of para-hydroxylation sites is 1. The van der Waals surface area contributed by atoms with E-state index in [1.807, 2.05) is 91.0 Å². The fourth-order valence-electron chi connectivity index (χ4n) is 4.49. The van der Waals surface area contributed by atoms with Crippen LogP contribution in [0.5, 0.6) is 0 Å². The first-order valence-corrected chi connectivity index (χ1v) is 12.1. The molecule has 0 unspecified atom stereocenters. The molecule has 0 bridgehead atoms. The molecule has 0 saturated heterocycles. The van der Waals surface area contributed by atoms with Crippen molar-refractivity contribution < 1.29 is 19.8 Å². The van der Waals surface area contributed by atoms with Crippen LogP contribution < -0.4 is 4.90 Å². The van der Waals surface area contributed by atoms with E-state index >= 15 is 0 Å². The first-order chi connectivity index (χ1) is 18.5. The van der Waals surface area contributed by atoms with E-state index < -0.39 is 25.0 Å². The van der Waals surface area contributed by atoms with Gasteiger partial charge in [-0.05, 0) is 36.4 Å². The number of rotatable bonds is 9. The van der Waals surface area contributed by atoms with Crippen molar-refractivity contribution in [1.82, 2.24) is 9.55 Å². The lowest BCUT2D eigenvalue weighted by Crippen LogP contribution is -2.34. The second-order valence-corrected chi connectivity index (χ2v) is 8.73. The summed E-state index contributed by atoms with van der Waals surface area (Å²) in [6, 6.07) is 37.3. The predicted molar refractivity (Wildman–Crippen MR) is 147 cm³/mol. The van der Waals surface area contributed by atoms with Crippen LogP contribution in [0.3, 0.4) is 0 Å². The van der Waals surface area contributed by atoms with E-state index in [4.69, 9.17) is 4.98 Å². The Balaban J connectivity index is 1.71. The van der Waals surface area contributed by atoms with Crippen molar-refractivity contribution in [3.8, 4) is 39.6 Å². The van der Waals surface area contributed by atoms with Gasteiger partial charge >= 0.3 is 11.9 Å². The Hall–Kier alpha value is -5.17. The first-order valence-electron chi connectivity index (χ1n) is 12.1. The van der Waals surface area contributed by atoms with E-state index in [9.17, 15) is 19.8 Å². The molecule has 0 radical (unpaired) electrons. The Labute approximate surface area is 219 Å². The number of hydrogen-bond donors (Lipinski definition) is 2. The van der Waals surface area contributed by atoms with Crippen molar-refractivity contribution in [3.05, 3.63) is 115 Å². The van der Waals surface area contributed by atoms with Crippen LogP contribution in [-0.2, 0) is 9.59 Å². The molecule has 0 aliphatic rings. The van der Waals surface area contributed by atoms with Gasteiger partial charge < -0.3 is 15.1 Å². The van der Waals surface area contributed by atoms with E-state index in [2.05, 4.69) is 16.7 Å². The van der Waals surface area contributed by atoms with Crippen LogP contribution in [-0.4, -0.2) is 44.8 Å². The molecule has 5 aromatic rings. The lowest BCUT2D eigenvalue weighted by Gasteiger charge is -2.21. The summed E-state index contributed by atoms with van der Waals surface area (Å²) in [6.07, 6.45) is 0. The van der Waals surface area contributed by atoms with Gasteiger partial charge in [0.25, 0.3) is 0 Å². The number of carboxylic acid groups (broad SMARTS) is 2. The highest BCUT2D eigenvalue weighted by atomic mass is 16.4. The molecule has 0 aliphatic heterocycles. The molecule has 0 spiro atoms. The Kier molecular flexibility index (Phi) is 6.99. The van der Waals surface area contributed by atoms with E-state index in [1.165, 1.54) is 4.90 Å². The zero-order chi connectivity index (χ0) is 26.5. The summed E-state index contributed by atoms with van der Waals surface area (Å²) >= 11 is 0. The van der Waals surface area contributed by atoms with Gasteiger partial charge in [0.15, 0.2) is 0 Å². The van der Waals surface area contributed by atoms with E-state index in [-0.39, 0.29) is 0 Å². The van der Waals surface area contributed by atoms with Crippen LogP contribution in [0.25, 0.3) is 39.6 Å². The average Bonchev–Trinajstić information content (AvgIpc) is 3.34. The Morgan fingerprint density at radius 1 is 0.632 bits per heavy atom. The highest BCUT2D eigenvalue weighted by Crippen LogP contribution is 2.38. The molecule has 2 N–H and O–H groups in total. The fourth-order valence-corrected chi connectivity index (χ4v) is 4.49. The van der Waals surface area contributed by atoms with Crippen molar-refractivity contribution >= 4 is 17.6 Å². The molecule has 4 aromatic carbocycles. The summed E-state index contributed by atoms with van der Waals surface area (Å²) in [5.74, 6) is -1.49. The number of hydrogen-bond acceptors (Lipinski definition) is 4. The highest BCUT2D eigenvalue weighted by Gasteiger charge is 2.22. The van der Waals surface area contributed by atoms with Crippen LogP contribution in [0.1, 0.15) is 0 Å². The molecule has 7 nitrogen and oxygen atoms in total. The molecule has 0 aliphatic carbocycles. The standard InChI is InChI=1S/C31H25N3O4/c35-27(36)20-33(21-28(37)38)25-18-16-24(17-19-25)31-32-29(22-10-4-1-5-11-22)30(23-12-6-2-7-13-23)34(31)26-14-8-3-9-15-26/h1-19H,20-21H2,(H,35,36)(H,37,38). The minimum Gasteiger partial charge on any atom is -0.480 e. The zero-order valence-corrected chi connectivity index (χ0v) is 20.4. The van der Waals surface area contributed by atoms with Crippen LogP contribution in [0, 0.1) is 0 Å². The van der Waals surface area contributed by atoms with Crippen LogP contribution in [0.4, 0.5) is 5.69 Å². The molecule has 0 fully saturated rings. The second kappa shape index (κ2) is 10.8. The summed E-state index contributed by atoms with van der Waals surface area (Å²) in [7, 11) is 0. The van der Waals surface area contributed by atoms with Gasteiger partial charge in [-0.25, -0.2) is 4.98 Å². The fraction of sp³-hybridized carbons (Fsp3) is 0.0645. The van der Waals surface area contributed by atoms with Crippen LogP contribution in [0.2, 0.25) is 0 Å². The Bertz CT molecular complexity index is 1530. The third-order valence-corrected chi connectivity index (χ3v) is 6.13. The first kappa shape index (κ1) is 24.5. The molecule has 0 atom stereocenters. The minimum absolute atomic E-state index is 0.416. The maximum atomic E-state index is 11.3. The molecule has 188 valence electrons. The van der Waals surface area contributed by atoms with Gasteiger partial charge in [-0.15, -0.1) is 0 Å². The maximum Gasteiger partial charge on any atom is 0.323 e. The van der Waals surface area contributed by atoms with Gasteiger partial charge in [0, 0.05) is 28.1 Å². The number of aromatic nitrogens is 2. The number of anilines is 1. The molecule has 1 aromatic heterocycles. The second-order valence-electron chi connectivity index (χ2n) is 8.73. The average molecular weight is 504 g/mol. The van der Waals surface area contributed by atoms with Gasteiger partial charge in [-0.2, -0.15) is 0 Å². The molecule has 0 saturated carbocycles. The lowest BCUT2D eigenvalue weighted by atomic mass is 10.0. The summed E-state index contributed by atoms with van der Waals surface area (Å²) in [5, 5.41) is 18.5. The van der Waals surface area contributed by atoms with Crippen molar-refractivity contribution in [2.75, 3.05) is 18.0 Å². The third kappa shape index (κ3) is 5.17. The number of aliphatic carboxylic acids is 2. The van der Waals surface area contributed by atoms with Crippen molar-refractivity contribution in [2.45, 2.75) is 0 Å². The maximum absolute atomic E-state index is 11.3. The van der Waals surface area contributed by atoms with Gasteiger partial charge in [0.1, 0.15) is 18.9 Å². The van der Waals surface area contributed by atoms with E-state index in [0.717, 1.165) is 33.8 Å². The summed E-state index contributed by atoms with van der Waals surface area (Å²) in [4.78, 5) is 29.1. The summed E-state index contributed by atoms with van der Waals surface area (Å²) < 4.78 is 2.12. The Morgan fingerprint density at radius 3 is 1.66 bits per heavy atom. The van der Waals surface area contributed by atoms with Gasteiger partial charge in [-0.1, -0.05) is 78.9 Å². The predicted octanol–water partition coefficient (Wildman–Crippen LogP) is 5.85. The Morgan fingerprint density at radius 2 is 1.13 bits per heavy atom. The largest absolute Gasteiger partial charge is 0.480 e. The molecule has 38 heavy (non-hydrogen) atoms. The monoisotopic (exact) mass is 503 g/mol. The SMILES string of the molecule is O=C(O)CN(CC(=O)O)c1ccc(-c2nc(-c3ccccc3)c(-c3ccccc3)n2-c2ccccc2)cc1. The number of carbonyl (C=O) groups is 2. The van der Waals surface area contributed by atoms with Crippen molar-refractivity contribution in [1.29, 1.82) is 0 Å². The van der Waals surface area contributed by atoms with E-state index in [1.54, 1.807) is 12.1 Å². The molecular formula is C31H25N3O4. The highest BCUT2D eigenvalue weighted by molar-refractivity contribution is 5.85. The molecule has 7 heteroatoms. The minimum atomic E-state index is -1.10. The number of carboxylic acids is 2. The normalized spacial score (nSPS) is 10.7. The molecule has 1 heterocycles. The van der Waals surface area contributed by atoms with Gasteiger partial charge in [-0.3, -0.25) is 14.2 Å². The quantitative estimate of drug-likeness (QED) is 0.262. The lowest BCUT2D eigenvalue weighted by molar-refractivity contribution is -0.136. The van der Waals surface area contributed by atoms with Crippen LogP contribution in [0.15, 0.2) is 115 Å². The van der Waals surface area contributed by atoms with Crippen molar-refractivity contribution in [3.63, 3.8) is 0 Å². The molecule has 5 rings (SSSR count). The van der Waals surface area contributed by atoms with Crippen molar-refractivity contribution in [2.24, 2.45) is 0 Å². The third-order valence-electron chi connectivity index (χ3n) is 6.13. The number of nitrogens with zero attached hydrogens (tertiary/aromatic N) is 3.